The lowest BCUT2D eigenvalue weighted by molar-refractivity contribution is 0.0994. The number of nitrogens with two attached hydrogens (primary N) is 1. The van der Waals surface area contributed by atoms with Crippen molar-refractivity contribution in [1.29, 1.82) is 0 Å². The molecule has 5 heterocycles. The number of nitrogens with zero attached hydrogens (tertiary/aromatic N) is 7. The molecule has 11 heteroatoms. The van der Waals surface area contributed by atoms with E-state index in [9.17, 15) is 9.59 Å². The average molecular weight is 468 g/mol. The first-order chi connectivity index (χ1) is 16.5. The Morgan fingerprint density at radius 3 is 2.71 bits per heavy atom. The average Bonchev–Trinajstić information content (AvgIpc) is 3.46. The molecule has 0 radical (unpaired) electrons. The molecule has 0 aromatic carbocycles. The summed E-state index contributed by atoms with van der Waals surface area (Å²) in [4.78, 5) is 39.7. The van der Waals surface area contributed by atoms with Crippen molar-refractivity contribution in [3.05, 3.63) is 35.5 Å². The van der Waals surface area contributed by atoms with Gasteiger partial charge in [0.05, 0.1) is 30.2 Å². The van der Waals surface area contributed by atoms with Crippen molar-refractivity contribution in [2.45, 2.75) is 44.2 Å². The second-order valence-electron chi connectivity index (χ2n) is 9.51. The van der Waals surface area contributed by atoms with Crippen molar-refractivity contribution in [1.82, 2.24) is 34.9 Å². The first-order valence-electron chi connectivity index (χ1n) is 12.2. The summed E-state index contributed by atoms with van der Waals surface area (Å²) in [5.74, 6) is 0.137. The highest BCUT2D eigenvalue weighted by molar-refractivity contribution is 5.92. The van der Waals surface area contributed by atoms with Crippen LogP contribution in [0.2, 0.25) is 0 Å². The number of urea groups is 1. The largest absolute Gasteiger partial charge is 0.364 e. The number of carbonyl (C=O) groups is 2. The zero-order chi connectivity index (χ0) is 23.7. The van der Waals surface area contributed by atoms with E-state index < -0.39 is 5.91 Å². The molecular formula is C23H33N9O2. The summed E-state index contributed by atoms with van der Waals surface area (Å²) in [5, 5.41) is 7.94. The number of nitrogens with one attached hydrogen (secondary N) is 1. The van der Waals surface area contributed by atoms with Crippen molar-refractivity contribution in [3.63, 3.8) is 0 Å². The van der Waals surface area contributed by atoms with Gasteiger partial charge in [-0.05, 0) is 44.3 Å². The molecule has 2 aromatic heterocycles. The zero-order valence-corrected chi connectivity index (χ0v) is 19.7. The van der Waals surface area contributed by atoms with Gasteiger partial charge in [-0.1, -0.05) is 0 Å². The maximum atomic E-state index is 12.5. The molecule has 0 saturated carbocycles. The number of piperidine rings is 2. The first-order valence-corrected chi connectivity index (χ1v) is 12.2. The van der Waals surface area contributed by atoms with Crippen LogP contribution in [-0.2, 0) is 6.42 Å². The Morgan fingerprint density at radius 1 is 1.15 bits per heavy atom. The van der Waals surface area contributed by atoms with Crippen LogP contribution in [0.5, 0.6) is 0 Å². The molecule has 34 heavy (non-hydrogen) atoms. The SMILES string of the molecule is CN1CCN([C@@H]2CCCN(c3cnc(C(N)=O)c(Cc4cnn(C5CCNCC5)c4)n3)C2)C1=O. The standard InChI is InChI=1S/C23H33N9O2/c1-29-9-10-31(23(29)34)18-3-2-8-30(15-18)20-13-26-21(22(24)33)19(28-20)11-16-12-27-32(14-16)17-4-6-25-7-5-17/h12-14,17-18,25H,2-11,15H2,1H3,(H2,24,33)/t18-/m1/s1. The van der Waals surface area contributed by atoms with Gasteiger partial charge >= 0.3 is 6.03 Å². The van der Waals surface area contributed by atoms with E-state index in [4.69, 9.17) is 10.7 Å². The molecular weight excluding hydrogens is 434 g/mol. The lowest BCUT2D eigenvalue weighted by Crippen LogP contribution is -2.49. The normalized spacial score (nSPS) is 22.0. The Balaban J connectivity index is 1.34. The van der Waals surface area contributed by atoms with Gasteiger partial charge in [0.1, 0.15) is 11.5 Å². The molecule has 0 bridgehead atoms. The van der Waals surface area contributed by atoms with E-state index in [1.165, 1.54) is 0 Å². The molecule has 11 nitrogen and oxygen atoms in total. The van der Waals surface area contributed by atoms with Gasteiger partial charge in [0.2, 0.25) is 0 Å². The Kier molecular flexibility index (Phi) is 6.36. The molecule has 5 rings (SSSR count). The molecule has 1 atom stereocenters. The van der Waals surface area contributed by atoms with Crippen LogP contribution in [0.3, 0.4) is 0 Å². The molecule has 0 unspecified atom stereocenters. The summed E-state index contributed by atoms with van der Waals surface area (Å²) in [6.45, 7) is 5.05. The van der Waals surface area contributed by atoms with Crippen LogP contribution < -0.4 is 16.0 Å². The van der Waals surface area contributed by atoms with Crippen molar-refractivity contribution in [2.24, 2.45) is 5.73 Å². The van der Waals surface area contributed by atoms with E-state index in [-0.39, 0.29) is 17.8 Å². The topological polar surface area (TPSA) is 126 Å². The Labute approximate surface area is 199 Å². The Bertz CT molecular complexity index is 1050. The highest BCUT2D eigenvalue weighted by Gasteiger charge is 2.34. The van der Waals surface area contributed by atoms with Gasteiger partial charge in [-0.3, -0.25) is 9.48 Å². The highest BCUT2D eigenvalue weighted by Crippen LogP contribution is 2.25. The van der Waals surface area contributed by atoms with Crippen LogP contribution in [0.15, 0.2) is 18.6 Å². The number of carbonyl (C=O) groups excluding carboxylic acids is 2. The van der Waals surface area contributed by atoms with E-state index in [0.717, 1.165) is 69.8 Å². The van der Waals surface area contributed by atoms with Gasteiger partial charge in [-0.2, -0.15) is 5.10 Å². The number of primary amides is 1. The summed E-state index contributed by atoms with van der Waals surface area (Å²) in [6.07, 6.45) is 10.00. The van der Waals surface area contributed by atoms with E-state index in [1.807, 2.05) is 29.0 Å². The third-order valence-corrected chi connectivity index (χ3v) is 7.18. The maximum Gasteiger partial charge on any atom is 0.320 e. The third kappa shape index (κ3) is 4.56. The molecule has 3 saturated heterocycles. The van der Waals surface area contributed by atoms with Crippen LogP contribution in [0.4, 0.5) is 10.6 Å². The molecule has 3 N–H and O–H groups in total. The summed E-state index contributed by atoms with van der Waals surface area (Å²) in [6, 6.07) is 0.629. The van der Waals surface area contributed by atoms with Gasteiger partial charge in [0, 0.05) is 45.8 Å². The lowest BCUT2D eigenvalue weighted by Gasteiger charge is -2.37. The maximum absolute atomic E-state index is 12.5. The van der Waals surface area contributed by atoms with Crippen molar-refractivity contribution in [3.8, 4) is 0 Å². The minimum absolute atomic E-state index is 0.0912. The van der Waals surface area contributed by atoms with Gasteiger partial charge in [0.25, 0.3) is 5.91 Å². The number of hydrogen-bond donors (Lipinski definition) is 2. The van der Waals surface area contributed by atoms with E-state index >= 15 is 0 Å². The van der Waals surface area contributed by atoms with E-state index in [2.05, 4.69) is 20.3 Å². The smallest absolute Gasteiger partial charge is 0.320 e. The van der Waals surface area contributed by atoms with Crippen molar-refractivity contribution < 1.29 is 9.59 Å². The summed E-state index contributed by atoms with van der Waals surface area (Å²) >= 11 is 0. The summed E-state index contributed by atoms with van der Waals surface area (Å²) in [7, 11) is 1.84. The molecule has 182 valence electrons. The van der Waals surface area contributed by atoms with Gasteiger partial charge in [-0.25, -0.2) is 14.8 Å². The number of likely N-dealkylation sites (N-methyl/N-ethyl adjacent to an activating group) is 1. The molecule has 3 fully saturated rings. The fourth-order valence-corrected chi connectivity index (χ4v) is 5.26. The first kappa shape index (κ1) is 22.6. The molecule has 3 aliphatic heterocycles. The molecule has 3 aliphatic rings. The summed E-state index contributed by atoms with van der Waals surface area (Å²) < 4.78 is 2.02. The molecule has 0 aliphatic carbocycles. The molecule has 3 amide bonds. The fraction of sp³-hybridized carbons (Fsp3) is 0.609. The highest BCUT2D eigenvalue weighted by atomic mass is 16.2. The minimum atomic E-state index is -0.581. The van der Waals surface area contributed by atoms with Gasteiger partial charge < -0.3 is 25.8 Å². The van der Waals surface area contributed by atoms with Gasteiger partial charge in [0.15, 0.2) is 0 Å². The van der Waals surface area contributed by atoms with Crippen LogP contribution in [0.1, 0.15) is 53.5 Å². The number of amides is 3. The Hall–Kier alpha value is -3.21. The van der Waals surface area contributed by atoms with Gasteiger partial charge in [-0.15, -0.1) is 0 Å². The number of hydrogen-bond acceptors (Lipinski definition) is 7. The summed E-state index contributed by atoms with van der Waals surface area (Å²) in [5.41, 5.74) is 7.36. The van der Waals surface area contributed by atoms with E-state index in [0.29, 0.717) is 24.7 Å². The van der Waals surface area contributed by atoms with Crippen LogP contribution in [0, 0.1) is 0 Å². The predicted octanol–water partition coefficient (Wildman–Crippen LogP) is 0.624. The fourth-order valence-electron chi connectivity index (χ4n) is 5.26. The zero-order valence-electron chi connectivity index (χ0n) is 19.7. The Morgan fingerprint density at radius 2 is 1.97 bits per heavy atom. The van der Waals surface area contributed by atoms with E-state index in [1.54, 1.807) is 11.1 Å². The van der Waals surface area contributed by atoms with Crippen LogP contribution >= 0.6 is 0 Å². The third-order valence-electron chi connectivity index (χ3n) is 7.18. The monoisotopic (exact) mass is 467 g/mol. The number of rotatable bonds is 6. The second kappa shape index (κ2) is 9.57. The molecule has 2 aromatic rings. The number of aromatic nitrogens is 4. The van der Waals surface area contributed by atoms with Crippen LogP contribution in [0.25, 0.3) is 0 Å². The quantitative estimate of drug-likeness (QED) is 0.638. The second-order valence-corrected chi connectivity index (χ2v) is 9.51. The van der Waals surface area contributed by atoms with Crippen molar-refractivity contribution in [2.75, 3.05) is 51.2 Å². The molecule has 0 spiro atoms. The number of anilines is 1. The van der Waals surface area contributed by atoms with Crippen LogP contribution in [-0.4, -0.2) is 93.8 Å². The predicted molar refractivity (Wildman–Crippen MR) is 127 cm³/mol. The minimum Gasteiger partial charge on any atom is -0.364 e. The lowest BCUT2D eigenvalue weighted by atomic mass is 10.0. The van der Waals surface area contributed by atoms with Crippen molar-refractivity contribution >= 4 is 17.8 Å².